The average molecular weight is 446 g/mol. The van der Waals surface area contributed by atoms with Crippen LogP contribution in [0.1, 0.15) is 21.6 Å². The van der Waals surface area contributed by atoms with Gasteiger partial charge in [-0.15, -0.1) is 0 Å². The van der Waals surface area contributed by atoms with Crippen LogP contribution in [0, 0.1) is 6.92 Å². The highest BCUT2D eigenvalue weighted by molar-refractivity contribution is 5.91. The first-order valence-corrected chi connectivity index (χ1v) is 11.0. The SMILES string of the molecule is Cc1cc(C(=O)OCC(=O)N2CCN(c3ccc(OCc4ccccc4)cc3)CC2)ccn1. The Labute approximate surface area is 193 Å². The highest BCUT2D eigenvalue weighted by Gasteiger charge is 2.22. The summed E-state index contributed by atoms with van der Waals surface area (Å²) < 4.78 is 11.0. The second-order valence-corrected chi connectivity index (χ2v) is 7.90. The van der Waals surface area contributed by atoms with E-state index in [-0.39, 0.29) is 12.5 Å². The van der Waals surface area contributed by atoms with Gasteiger partial charge in [-0.25, -0.2) is 4.79 Å². The molecule has 0 aliphatic carbocycles. The van der Waals surface area contributed by atoms with Crippen molar-refractivity contribution in [2.24, 2.45) is 0 Å². The van der Waals surface area contributed by atoms with E-state index in [9.17, 15) is 9.59 Å². The number of anilines is 1. The minimum atomic E-state index is -0.512. The van der Waals surface area contributed by atoms with Gasteiger partial charge in [-0.1, -0.05) is 30.3 Å². The lowest BCUT2D eigenvalue weighted by Gasteiger charge is -2.36. The topological polar surface area (TPSA) is 72.0 Å². The summed E-state index contributed by atoms with van der Waals surface area (Å²) in [4.78, 5) is 32.6. The highest BCUT2D eigenvalue weighted by Crippen LogP contribution is 2.21. The van der Waals surface area contributed by atoms with Crippen molar-refractivity contribution in [2.75, 3.05) is 37.7 Å². The lowest BCUT2D eigenvalue weighted by Crippen LogP contribution is -2.49. The lowest BCUT2D eigenvalue weighted by molar-refractivity contribution is -0.134. The van der Waals surface area contributed by atoms with Gasteiger partial charge in [0.15, 0.2) is 6.61 Å². The molecular formula is C26H27N3O4. The first kappa shape index (κ1) is 22.3. The molecule has 0 N–H and O–H groups in total. The van der Waals surface area contributed by atoms with Gasteiger partial charge in [-0.3, -0.25) is 9.78 Å². The number of benzene rings is 2. The maximum absolute atomic E-state index is 12.5. The summed E-state index contributed by atoms with van der Waals surface area (Å²) in [6.07, 6.45) is 1.55. The predicted molar refractivity (Wildman–Crippen MR) is 125 cm³/mol. The zero-order valence-corrected chi connectivity index (χ0v) is 18.6. The van der Waals surface area contributed by atoms with Crippen LogP contribution in [0.4, 0.5) is 5.69 Å². The van der Waals surface area contributed by atoms with Crippen molar-refractivity contribution in [2.45, 2.75) is 13.5 Å². The van der Waals surface area contributed by atoms with Crippen LogP contribution in [-0.2, 0) is 16.1 Å². The number of esters is 1. The van der Waals surface area contributed by atoms with Crippen molar-refractivity contribution in [3.8, 4) is 5.75 Å². The Morgan fingerprint density at radius 3 is 2.36 bits per heavy atom. The third-order valence-corrected chi connectivity index (χ3v) is 5.54. The van der Waals surface area contributed by atoms with Gasteiger partial charge in [0.05, 0.1) is 5.56 Å². The van der Waals surface area contributed by atoms with Crippen molar-refractivity contribution in [1.82, 2.24) is 9.88 Å². The Hall–Kier alpha value is -3.87. The zero-order valence-electron chi connectivity index (χ0n) is 18.6. The molecule has 1 aromatic heterocycles. The molecule has 3 aromatic rings. The number of carbonyl (C=O) groups is 2. The van der Waals surface area contributed by atoms with Crippen LogP contribution in [0.25, 0.3) is 0 Å². The van der Waals surface area contributed by atoms with E-state index >= 15 is 0 Å². The normalized spacial score (nSPS) is 13.5. The van der Waals surface area contributed by atoms with Gasteiger partial charge in [0.2, 0.25) is 0 Å². The van der Waals surface area contributed by atoms with E-state index < -0.39 is 5.97 Å². The van der Waals surface area contributed by atoms with Crippen LogP contribution in [0.3, 0.4) is 0 Å². The van der Waals surface area contributed by atoms with Crippen molar-refractivity contribution in [3.05, 3.63) is 89.7 Å². The fourth-order valence-corrected chi connectivity index (χ4v) is 3.68. The van der Waals surface area contributed by atoms with Crippen LogP contribution in [0.2, 0.25) is 0 Å². The average Bonchev–Trinajstić information content (AvgIpc) is 2.87. The summed E-state index contributed by atoms with van der Waals surface area (Å²) in [6, 6.07) is 21.3. The van der Waals surface area contributed by atoms with Gasteiger partial charge in [0.25, 0.3) is 5.91 Å². The number of pyridine rings is 1. The third-order valence-electron chi connectivity index (χ3n) is 5.54. The Morgan fingerprint density at radius 1 is 0.939 bits per heavy atom. The minimum absolute atomic E-state index is 0.182. The van der Waals surface area contributed by atoms with Crippen LogP contribution < -0.4 is 9.64 Å². The fraction of sp³-hybridized carbons (Fsp3) is 0.269. The van der Waals surface area contributed by atoms with E-state index in [0.29, 0.717) is 38.3 Å². The molecule has 33 heavy (non-hydrogen) atoms. The largest absolute Gasteiger partial charge is 0.489 e. The van der Waals surface area contributed by atoms with Crippen molar-refractivity contribution < 1.29 is 19.1 Å². The smallest absolute Gasteiger partial charge is 0.338 e. The second kappa shape index (κ2) is 10.6. The van der Waals surface area contributed by atoms with Gasteiger partial charge >= 0.3 is 5.97 Å². The Balaban J connectivity index is 1.22. The fourth-order valence-electron chi connectivity index (χ4n) is 3.68. The van der Waals surface area contributed by atoms with E-state index in [4.69, 9.17) is 9.47 Å². The molecule has 1 aliphatic heterocycles. The summed E-state index contributed by atoms with van der Waals surface area (Å²) in [7, 11) is 0. The van der Waals surface area contributed by atoms with E-state index in [1.807, 2.05) is 54.6 Å². The van der Waals surface area contributed by atoms with Gasteiger partial charge in [-0.05, 0) is 48.9 Å². The quantitative estimate of drug-likeness (QED) is 0.519. The number of rotatable bonds is 7. The molecule has 4 rings (SSSR count). The summed E-state index contributed by atoms with van der Waals surface area (Å²) in [5.74, 6) is 0.128. The second-order valence-electron chi connectivity index (χ2n) is 7.90. The lowest BCUT2D eigenvalue weighted by atomic mass is 10.2. The summed E-state index contributed by atoms with van der Waals surface area (Å²) in [6.45, 7) is 4.67. The number of nitrogens with zero attached hydrogens (tertiary/aromatic N) is 3. The van der Waals surface area contributed by atoms with E-state index in [1.54, 1.807) is 30.2 Å². The monoisotopic (exact) mass is 445 g/mol. The molecule has 2 aromatic carbocycles. The molecule has 0 unspecified atom stereocenters. The maximum atomic E-state index is 12.5. The van der Waals surface area contributed by atoms with Crippen LogP contribution in [-0.4, -0.2) is 54.5 Å². The van der Waals surface area contributed by atoms with Crippen LogP contribution >= 0.6 is 0 Å². The Morgan fingerprint density at radius 2 is 1.67 bits per heavy atom. The number of hydrogen-bond donors (Lipinski definition) is 0. The molecular weight excluding hydrogens is 418 g/mol. The predicted octanol–water partition coefficient (Wildman–Crippen LogP) is 3.47. The summed E-state index contributed by atoms with van der Waals surface area (Å²) in [5.41, 5.74) is 3.34. The first-order chi connectivity index (χ1) is 16.1. The first-order valence-electron chi connectivity index (χ1n) is 11.0. The number of aryl methyl sites for hydroxylation is 1. The number of aromatic nitrogens is 1. The number of ether oxygens (including phenoxy) is 2. The van der Waals surface area contributed by atoms with Gasteiger partial charge in [-0.2, -0.15) is 0 Å². The molecule has 0 radical (unpaired) electrons. The molecule has 1 fully saturated rings. The molecule has 0 atom stereocenters. The molecule has 0 bridgehead atoms. The van der Waals surface area contributed by atoms with E-state index in [2.05, 4.69) is 9.88 Å². The molecule has 0 saturated carbocycles. The summed E-state index contributed by atoms with van der Waals surface area (Å²) in [5, 5.41) is 0. The number of hydrogen-bond acceptors (Lipinski definition) is 6. The van der Waals surface area contributed by atoms with Gasteiger partial charge in [0.1, 0.15) is 12.4 Å². The standard InChI is InChI=1S/C26H27N3O4/c1-20-17-22(11-12-27-20)26(31)33-19-25(30)29-15-13-28(14-16-29)23-7-9-24(10-8-23)32-18-21-5-3-2-4-6-21/h2-12,17H,13-16,18-19H2,1H3. The van der Waals surface area contributed by atoms with Crippen molar-refractivity contribution in [3.63, 3.8) is 0 Å². The van der Waals surface area contributed by atoms with E-state index in [0.717, 1.165) is 22.7 Å². The third kappa shape index (κ3) is 6.10. The molecule has 0 spiro atoms. The molecule has 1 amide bonds. The molecule has 7 heteroatoms. The van der Waals surface area contributed by atoms with Gasteiger partial charge in [0, 0.05) is 43.8 Å². The van der Waals surface area contributed by atoms with Crippen molar-refractivity contribution in [1.29, 1.82) is 0 Å². The Kier molecular flexibility index (Phi) is 7.19. The Bertz CT molecular complexity index is 1080. The summed E-state index contributed by atoms with van der Waals surface area (Å²) >= 11 is 0. The molecule has 7 nitrogen and oxygen atoms in total. The molecule has 1 aliphatic rings. The maximum Gasteiger partial charge on any atom is 0.338 e. The zero-order chi connectivity index (χ0) is 23.0. The molecule has 170 valence electrons. The van der Waals surface area contributed by atoms with Crippen LogP contribution in [0.5, 0.6) is 5.75 Å². The van der Waals surface area contributed by atoms with Crippen molar-refractivity contribution >= 4 is 17.6 Å². The number of piperazine rings is 1. The van der Waals surface area contributed by atoms with Gasteiger partial charge < -0.3 is 19.3 Å². The van der Waals surface area contributed by atoms with Crippen LogP contribution in [0.15, 0.2) is 72.9 Å². The molecule has 1 saturated heterocycles. The highest BCUT2D eigenvalue weighted by atomic mass is 16.5. The minimum Gasteiger partial charge on any atom is -0.489 e. The van der Waals surface area contributed by atoms with E-state index in [1.165, 1.54) is 0 Å². The number of carbonyl (C=O) groups excluding carboxylic acids is 2. The molecule has 2 heterocycles. The number of amides is 1.